The van der Waals surface area contributed by atoms with Crippen LogP contribution in [0.15, 0.2) is 18.2 Å². The Bertz CT molecular complexity index is 575. The maximum Gasteiger partial charge on any atom is 0.178 e. The second kappa shape index (κ2) is 3.74. The number of hydrogen-bond acceptors (Lipinski definition) is 1. The van der Waals surface area contributed by atoms with Crippen LogP contribution in [-0.4, -0.2) is 9.55 Å². The third kappa shape index (κ3) is 1.69. The molecule has 0 amide bonds. The van der Waals surface area contributed by atoms with Gasteiger partial charge in [0.15, 0.2) is 4.77 Å². The van der Waals surface area contributed by atoms with Crippen molar-refractivity contribution in [3.8, 4) is 0 Å². The molecule has 3 heteroatoms. The van der Waals surface area contributed by atoms with Crippen molar-refractivity contribution in [2.75, 3.05) is 0 Å². The minimum Gasteiger partial charge on any atom is -0.331 e. The first kappa shape index (κ1) is 10.1. The lowest BCUT2D eigenvalue weighted by Crippen LogP contribution is -1.99. The molecule has 1 aromatic carbocycles. The molecule has 1 N–H and O–H groups in total. The number of rotatable bonds is 3. The highest BCUT2D eigenvalue weighted by molar-refractivity contribution is 7.71. The second-order valence-electron chi connectivity index (χ2n) is 4.78. The number of nitrogens with zero attached hydrogens (tertiary/aromatic N) is 1. The van der Waals surface area contributed by atoms with Crippen LogP contribution in [-0.2, 0) is 6.54 Å². The molecular formula is C13H16N2S. The zero-order valence-electron chi connectivity index (χ0n) is 9.49. The van der Waals surface area contributed by atoms with Gasteiger partial charge in [0.05, 0.1) is 11.0 Å². The van der Waals surface area contributed by atoms with E-state index < -0.39 is 0 Å². The molecule has 1 aromatic heterocycles. The van der Waals surface area contributed by atoms with Crippen LogP contribution in [0.4, 0.5) is 0 Å². The Balaban J connectivity index is 2.06. The largest absolute Gasteiger partial charge is 0.331 e. The van der Waals surface area contributed by atoms with Gasteiger partial charge in [-0.05, 0) is 43.1 Å². The zero-order chi connectivity index (χ0) is 11.1. The van der Waals surface area contributed by atoms with Gasteiger partial charge in [-0.2, -0.15) is 0 Å². The predicted octanol–water partition coefficient (Wildman–Crippen LogP) is 3.81. The summed E-state index contributed by atoms with van der Waals surface area (Å²) in [5, 5.41) is 0. The molecular weight excluding hydrogens is 216 g/mol. The maximum atomic E-state index is 5.39. The van der Waals surface area contributed by atoms with Crippen molar-refractivity contribution in [2.45, 2.75) is 32.7 Å². The molecule has 1 aliphatic rings. The van der Waals surface area contributed by atoms with Gasteiger partial charge in [-0.25, -0.2) is 0 Å². The summed E-state index contributed by atoms with van der Waals surface area (Å²) in [5.41, 5.74) is 3.76. The molecule has 0 aliphatic heterocycles. The average molecular weight is 232 g/mol. The van der Waals surface area contributed by atoms with E-state index in [4.69, 9.17) is 12.2 Å². The predicted molar refractivity (Wildman–Crippen MR) is 69.2 cm³/mol. The Morgan fingerprint density at radius 3 is 3.00 bits per heavy atom. The Morgan fingerprint density at radius 2 is 2.25 bits per heavy atom. The lowest BCUT2D eigenvalue weighted by Gasteiger charge is -2.05. The molecule has 0 saturated heterocycles. The number of aromatic nitrogens is 2. The molecule has 1 heterocycles. The standard InChI is InChI=1S/C13H16N2S/c1-9-3-2-4-11-12(9)15(13(16)14-11)8-7-10-5-6-10/h2-4,10H,5-8H2,1H3,(H,14,16). The summed E-state index contributed by atoms with van der Waals surface area (Å²) >= 11 is 5.39. The van der Waals surface area contributed by atoms with E-state index in [2.05, 4.69) is 34.7 Å². The molecule has 0 bridgehead atoms. The van der Waals surface area contributed by atoms with Gasteiger partial charge in [-0.1, -0.05) is 25.0 Å². The monoisotopic (exact) mass is 232 g/mol. The van der Waals surface area contributed by atoms with Crippen LogP contribution in [0.3, 0.4) is 0 Å². The lowest BCUT2D eigenvalue weighted by atomic mass is 10.2. The van der Waals surface area contributed by atoms with Gasteiger partial charge in [0.2, 0.25) is 0 Å². The van der Waals surface area contributed by atoms with Gasteiger partial charge < -0.3 is 9.55 Å². The zero-order valence-corrected chi connectivity index (χ0v) is 10.3. The van der Waals surface area contributed by atoms with Crippen LogP contribution in [0.2, 0.25) is 0 Å². The molecule has 2 nitrogen and oxygen atoms in total. The molecule has 1 fully saturated rings. The van der Waals surface area contributed by atoms with Crippen molar-refractivity contribution in [3.05, 3.63) is 28.5 Å². The van der Waals surface area contributed by atoms with Crippen molar-refractivity contribution >= 4 is 23.3 Å². The van der Waals surface area contributed by atoms with Gasteiger partial charge in [0, 0.05) is 6.54 Å². The van der Waals surface area contributed by atoms with E-state index in [1.807, 2.05) is 0 Å². The number of aromatic amines is 1. The van der Waals surface area contributed by atoms with Crippen LogP contribution in [0, 0.1) is 17.6 Å². The van der Waals surface area contributed by atoms with Crippen LogP contribution >= 0.6 is 12.2 Å². The molecule has 0 radical (unpaired) electrons. The highest BCUT2D eigenvalue weighted by Crippen LogP contribution is 2.33. The molecule has 0 spiro atoms. The third-order valence-electron chi connectivity index (χ3n) is 3.45. The van der Waals surface area contributed by atoms with Crippen molar-refractivity contribution in [1.82, 2.24) is 9.55 Å². The normalized spacial score (nSPS) is 15.8. The summed E-state index contributed by atoms with van der Waals surface area (Å²) in [4.78, 5) is 3.29. The number of para-hydroxylation sites is 1. The highest BCUT2D eigenvalue weighted by atomic mass is 32.1. The van der Waals surface area contributed by atoms with Gasteiger partial charge >= 0.3 is 0 Å². The average Bonchev–Trinajstić information content (AvgIpc) is 3.00. The van der Waals surface area contributed by atoms with Gasteiger partial charge in [0.25, 0.3) is 0 Å². The van der Waals surface area contributed by atoms with Crippen molar-refractivity contribution < 1.29 is 0 Å². The molecule has 1 aliphatic carbocycles. The fourth-order valence-corrected chi connectivity index (χ4v) is 2.63. The molecule has 0 unspecified atom stereocenters. The van der Waals surface area contributed by atoms with E-state index in [9.17, 15) is 0 Å². The van der Waals surface area contributed by atoms with E-state index >= 15 is 0 Å². The van der Waals surface area contributed by atoms with Crippen LogP contribution < -0.4 is 0 Å². The fourth-order valence-electron chi connectivity index (χ4n) is 2.33. The van der Waals surface area contributed by atoms with E-state index in [0.29, 0.717) is 0 Å². The topological polar surface area (TPSA) is 20.7 Å². The number of fused-ring (bicyclic) bond motifs is 1. The van der Waals surface area contributed by atoms with Crippen molar-refractivity contribution in [3.63, 3.8) is 0 Å². The first-order valence-corrected chi connectivity index (χ1v) is 6.34. The molecule has 84 valence electrons. The Hall–Kier alpha value is -1.09. The van der Waals surface area contributed by atoms with Crippen LogP contribution in [0.5, 0.6) is 0 Å². The quantitative estimate of drug-likeness (QED) is 0.798. The van der Waals surface area contributed by atoms with E-state index in [1.54, 1.807) is 0 Å². The van der Waals surface area contributed by atoms with E-state index in [0.717, 1.165) is 17.2 Å². The molecule has 1 saturated carbocycles. The van der Waals surface area contributed by atoms with Crippen LogP contribution in [0.25, 0.3) is 11.0 Å². The SMILES string of the molecule is Cc1cccc2[nH]c(=S)n(CCC3CC3)c12. The van der Waals surface area contributed by atoms with E-state index in [1.165, 1.54) is 35.9 Å². The molecule has 16 heavy (non-hydrogen) atoms. The second-order valence-corrected chi connectivity index (χ2v) is 5.17. The maximum absolute atomic E-state index is 5.39. The number of benzene rings is 1. The molecule has 3 rings (SSSR count). The lowest BCUT2D eigenvalue weighted by molar-refractivity contribution is 0.602. The Kier molecular flexibility index (Phi) is 2.36. The van der Waals surface area contributed by atoms with Gasteiger partial charge in [-0.3, -0.25) is 0 Å². The minimum atomic E-state index is 0.866. The Labute approximate surface area is 100 Å². The number of imidazole rings is 1. The first-order chi connectivity index (χ1) is 7.75. The van der Waals surface area contributed by atoms with Crippen molar-refractivity contribution in [1.29, 1.82) is 0 Å². The highest BCUT2D eigenvalue weighted by Gasteiger charge is 2.21. The summed E-state index contributed by atoms with van der Waals surface area (Å²) in [7, 11) is 0. The van der Waals surface area contributed by atoms with Crippen LogP contribution in [0.1, 0.15) is 24.8 Å². The summed E-state index contributed by atoms with van der Waals surface area (Å²) in [6.45, 7) is 3.22. The van der Waals surface area contributed by atoms with Crippen molar-refractivity contribution in [2.24, 2.45) is 5.92 Å². The number of nitrogens with one attached hydrogen (secondary N) is 1. The molecule has 0 atom stereocenters. The fraction of sp³-hybridized carbons (Fsp3) is 0.462. The summed E-state index contributed by atoms with van der Waals surface area (Å²) in [6, 6.07) is 6.33. The summed E-state index contributed by atoms with van der Waals surface area (Å²) in [5.74, 6) is 0.955. The Morgan fingerprint density at radius 1 is 1.44 bits per heavy atom. The summed E-state index contributed by atoms with van der Waals surface area (Å²) < 4.78 is 3.13. The number of H-pyrrole nitrogens is 1. The first-order valence-electron chi connectivity index (χ1n) is 5.94. The number of hydrogen-bond donors (Lipinski definition) is 1. The third-order valence-corrected chi connectivity index (χ3v) is 3.77. The summed E-state index contributed by atoms with van der Waals surface area (Å²) in [6.07, 6.45) is 4.10. The molecule has 2 aromatic rings. The van der Waals surface area contributed by atoms with Gasteiger partial charge in [0.1, 0.15) is 0 Å². The van der Waals surface area contributed by atoms with E-state index in [-0.39, 0.29) is 0 Å². The minimum absolute atomic E-state index is 0.866. The number of aryl methyl sites for hydroxylation is 2. The smallest absolute Gasteiger partial charge is 0.178 e. The van der Waals surface area contributed by atoms with Gasteiger partial charge in [-0.15, -0.1) is 0 Å².